The molecule has 1 aromatic rings. The molecule has 94 valence electrons. The number of halogens is 2. The summed E-state index contributed by atoms with van der Waals surface area (Å²) >= 11 is 3.60. The molecule has 1 nitrogen and oxygen atoms in total. The molecule has 0 saturated carbocycles. The van der Waals surface area contributed by atoms with Crippen LogP contribution in [-0.4, -0.2) is 18.0 Å². The quantitative estimate of drug-likeness (QED) is 0.770. The maximum atomic E-state index is 13.3. The van der Waals surface area contributed by atoms with Gasteiger partial charge in [-0.05, 0) is 49.9 Å². The fraction of sp³-hybridized carbons (Fsp3) is 0.571. The summed E-state index contributed by atoms with van der Waals surface area (Å²) in [4.78, 5) is 0. The van der Waals surface area contributed by atoms with Crippen LogP contribution in [0.2, 0.25) is 0 Å². The molecule has 1 fully saturated rings. The monoisotopic (exact) mass is 300 g/mol. The molecule has 3 heteroatoms. The first-order valence-electron chi connectivity index (χ1n) is 6.00. The lowest BCUT2D eigenvalue weighted by molar-refractivity contribution is 0.0745. The van der Waals surface area contributed by atoms with Gasteiger partial charge in [0.25, 0.3) is 0 Å². The molecular formula is C14H18BrFO. The lowest BCUT2D eigenvalue weighted by atomic mass is 9.77. The molecule has 0 spiro atoms. The lowest BCUT2D eigenvalue weighted by Gasteiger charge is -2.30. The molecule has 1 heterocycles. The van der Waals surface area contributed by atoms with E-state index in [0.717, 1.165) is 35.9 Å². The van der Waals surface area contributed by atoms with Crippen LogP contribution < -0.4 is 0 Å². The molecule has 1 aromatic carbocycles. The van der Waals surface area contributed by atoms with Gasteiger partial charge in [-0.2, -0.15) is 0 Å². The highest BCUT2D eigenvalue weighted by Crippen LogP contribution is 2.40. The minimum atomic E-state index is -0.151. The average molecular weight is 301 g/mol. The molecule has 2 rings (SSSR count). The highest BCUT2D eigenvalue weighted by atomic mass is 79.9. The van der Waals surface area contributed by atoms with Gasteiger partial charge >= 0.3 is 0 Å². The standard InChI is InChI=1S/C14H18BrFO/c1-10-3-4-13(16)7-12(10)8-14(9-15)5-6-17-11(14)2/h3-4,7,11H,5-6,8-9H2,1-2H3. The second-order valence-electron chi connectivity index (χ2n) is 5.01. The minimum absolute atomic E-state index is 0.110. The molecule has 2 atom stereocenters. The number of hydrogen-bond acceptors (Lipinski definition) is 1. The van der Waals surface area contributed by atoms with Crippen molar-refractivity contribution in [3.8, 4) is 0 Å². The smallest absolute Gasteiger partial charge is 0.123 e. The van der Waals surface area contributed by atoms with E-state index in [1.54, 1.807) is 6.07 Å². The lowest BCUT2D eigenvalue weighted by Crippen LogP contribution is -2.33. The first-order valence-corrected chi connectivity index (χ1v) is 7.12. The molecule has 0 N–H and O–H groups in total. The molecule has 0 aliphatic carbocycles. The summed E-state index contributed by atoms with van der Waals surface area (Å²) in [5.41, 5.74) is 2.37. The van der Waals surface area contributed by atoms with Crippen LogP contribution in [0.1, 0.15) is 24.5 Å². The third-order valence-corrected chi connectivity index (χ3v) is 5.07. The number of alkyl halides is 1. The van der Waals surface area contributed by atoms with Crippen LogP contribution >= 0.6 is 15.9 Å². The van der Waals surface area contributed by atoms with E-state index in [0.29, 0.717) is 0 Å². The Kier molecular flexibility index (Phi) is 3.88. The summed E-state index contributed by atoms with van der Waals surface area (Å²) in [6.07, 6.45) is 2.14. The number of ether oxygens (including phenoxy) is 1. The molecule has 0 bridgehead atoms. The van der Waals surface area contributed by atoms with Crippen molar-refractivity contribution in [2.24, 2.45) is 5.41 Å². The Labute approximate surface area is 110 Å². The van der Waals surface area contributed by atoms with Gasteiger partial charge in [0.15, 0.2) is 0 Å². The third-order valence-electron chi connectivity index (χ3n) is 3.95. The van der Waals surface area contributed by atoms with Gasteiger partial charge in [-0.1, -0.05) is 22.0 Å². The second-order valence-corrected chi connectivity index (χ2v) is 5.57. The van der Waals surface area contributed by atoms with E-state index in [1.165, 1.54) is 6.07 Å². The number of aryl methyl sites for hydroxylation is 1. The normalized spacial score (nSPS) is 28.6. The Bertz CT molecular complexity index is 407. The summed E-state index contributed by atoms with van der Waals surface area (Å²) in [7, 11) is 0. The zero-order valence-corrected chi connectivity index (χ0v) is 11.9. The molecule has 0 aromatic heterocycles. The maximum absolute atomic E-state index is 13.3. The number of rotatable bonds is 3. The Morgan fingerprint density at radius 2 is 2.29 bits per heavy atom. The highest BCUT2D eigenvalue weighted by molar-refractivity contribution is 9.09. The van der Waals surface area contributed by atoms with Crippen LogP contribution in [0.15, 0.2) is 18.2 Å². The van der Waals surface area contributed by atoms with Crippen molar-refractivity contribution in [2.45, 2.75) is 32.8 Å². The SMILES string of the molecule is Cc1ccc(F)cc1CC1(CBr)CCOC1C. The van der Waals surface area contributed by atoms with Gasteiger partial charge in [-0.25, -0.2) is 4.39 Å². The molecule has 1 aliphatic rings. The van der Waals surface area contributed by atoms with Crippen molar-refractivity contribution < 1.29 is 9.13 Å². The molecule has 2 unspecified atom stereocenters. The van der Waals surface area contributed by atoms with Crippen molar-refractivity contribution in [3.05, 3.63) is 35.1 Å². The minimum Gasteiger partial charge on any atom is -0.378 e. The van der Waals surface area contributed by atoms with E-state index < -0.39 is 0 Å². The Morgan fingerprint density at radius 3 is 2.88 bits per heavy atom. The van der Waals surface area contributed by atoms with Crippen LogP contribution in [0, 0.1) is 18.2 Å². The highest BCUT2D eigenvalue weighted by Gasteiger charge is 2.40. The van der Waals surface area contributed by atoms with Gasteiger partial charge in [0.05, 0.1) is 6.10 Å². The Hall–Kier alpha value is -0.410. The zero-order chi connectivity index (χ0) is 12.5. The Balaban J connectivity index is 2.27. The first-order chi connectivity index (χ1) is 8.07. The van der Waals surface area contributed by atoms with E-state index >= 15 is 0 Å². The molecule has 17 heavy (non-hydrogen) atoms. The molecule has 1 saturated heterocycles. The van der Waals surface area contributed by atoms with E-state index in [9.17, 15) is 4.39 Å². The number of benzene rings is 1. The largest absolute Gasteiger partial charge is 0.378 e. The fourth-order valence-electron chi connectivity index (χ4n) is 2.48. The summed E-state index contributed by atoms with van der Waals surface area (Å²) in [6, 6.07) is 5.03. The zero-order valence-electron chi connectivity index (χ0n) is 10.3. The van der Waals surface area contributed by atoms with Gasteiger partial charge in [0.2, 0.25) is 0 Å². The maximum Gasteiger partial charge on any atom is 0.123 e. The first kappa shape index (κ1) is 13.0. The third kappa shape index (κ3) is 2.55. The predicted octanol–water partition coefficient (Wildman–Crippen LogP) is 3.87. The summed E-state index contributed by atoms with van der Waals surface area (Å²) in [6.45, 7) is 4.96. The van der Waals surface area contributed by atoms with Crippen LogP contribution in [-0.2, 0) is 11.2 Å². The second kappa shape index (κ2) is 5.07. The molecule has 0 amide bonds. The van der Waals surface area contributed by atoms with E-state index in [2.05, 4.69) is 22.9 Å². The summed E-state index contributed by atoms with van der Waals surface area (Å²) in [5.74, 6) is -0.151. The van der Waals surface area contributed by atoms with Crippen molar-refractivity contribution >= 4 is 15.9 Å². The van der Waals surface area contributed by atoms with Crippen LogP contribution in [0.5, 0.6) is 0 Å². The van der Waals surface area contributed by atoms with E-state index in [4.69, 9.17) is 4.74 Å². The van der Waals surface area contributed by atoms with E-state index in [1.807, 2.05) is 13.0 Å². The fourth-order valence-corrected chi connectivity index (χ4v) is 3.42. The number of hydrogen-bond donors (Lipinski definition) is 0. The van der Waals surface area contributed by atoms with Gasteiger partial charge in [0.1, 0.15) is 5.82 Å². The van der Waals surface area contributed by atoms with Crippen molar-refractivity contribution in [3.63, 3.8) is 0 Å². The van der Waals surface area contributed by atoms with Gasteiger partial charge in [0, 0.05) is 17.4 Å². The van der Waals surface area contributed by atoms with Gasteiger partial charge in [-0.3, -0.25) is 0 Å². The molecule has 0 radical (unpaired) electrons. The molecular weight excluding hydrogens is 283 g/mol. The average Bonchev–Trinajstić information content (AvgIpc) is 2.66. The van der Waals surface area contributed by atoms with Gasteiger partial charge < -0.3 is 4.74 Å². The van der Waals surface area contributed by atoms with Gasteiger partial charge in [-0.15, -0.1) is 0 Å². The van der Waals surface area contributed by atoms with Crippen molar-refractivity contribution in [1.29, 1.82) is 0 Å². The van der Waals surface area contributed by atoms with Crippen LogP contribution in [0.25, 0.3) is 0 Å². The Morgan fingerprint density at radius 1 is 1.53 bits per heavy atom. The van der Waals surface area contributed by atoms with Crippen LogP contribution in [0.3, 0.4) is 0 Å². The van der Waals surface area contributed by atoms with Crippen LogP contribution in [0.4, 0.5) is 4.39 Å². The van der Waals surface area contributed by atoms with Crippen molar-refractivity contribution in [2.75, 3.05) is 11.9 Å². The predicted molar refractivity (Wildman–Crippen MR) is 71.1 cm³/mol. The van der Waals surface area contributed by atoms with E-state index in [-0.39, 0.29) is 17.3 Å². The summed E-state index contributed by atoms with van der Waals surface area (Å²) < 4.78 is 19.0. The summed E-state index contributed by atoms with van der Waals surface area (Å²) in [5, 5.41) is 0.900. The molecule has 1 aliphatic heterocycles. The topological polar surface area (TPSA) is 9.23 Å². The van der Waals surface area contributed by atoms with Crippen molar-refractivity contribution in [1.82, 2.24) is 0 Å².